The first-order valence-corrected chi connectivity index (χ1v) is 7.59. The maximum absolute atomic E-state index is 3.86. The van der Waals surface area contributed by atoms with E-state index in [1.165, 1.54) is 42.2 Å². The minimum Gasteiger partial charge on any atom is -0.306 e. The van der Waals surface area contributed by atoms with Crippen LogP contribution in [0.1, 0.15) is 35.6 Å². The van der Waals surface area contributed by atoms with Crippen LogP contribution in [0.3, 0.4) is 0 Å². The predicted octanol–water partition coefficient (Wildman–Crippen LogP) is 2.80. The number of rotatable bonds is 3. The van der Waals surface area contributed by atoms with E-state index < -0.39 is 0 Å². The van der Waals surface area contributed by atoms with Crippen molar-refractivity contribution in [3.63, 3.8) is 0 Å². The van der Waals surface area contributed by atoms with Gasteiger partial charge in [-0.05, 0) is 57.8 Å². The van der Waals surface area contributed by atoms with Crippen molar-refractivity contribution >= 4 is 11.3 Å². The van der Waals surface area contributed by atoms with E-state index in [2.05, 4.69) is 36.2 Å². The number of hydrogen-bond donors (Lipinski definition) is 1. The summed E-state index contributed by atoms with van der Waals surface area (Å²) < 4.78 is 0. The van der Waals surface area contributed by atoms with Crippen molar-refractivity contribution in [2.45, 2.75) is 38.8 Å². The van der Waals surface area contributed by atoms with E-state index in [0.29, 0.717) is 6.04 Å². The van der Waals surface area contributed by atoms with Crippen LogP contribution in [0.25, 0.3) is 0 Å². The van der Waals surface area contributed by atoms with Crippen molar-refractivity contribution in [2.24, 2.45) is 5.92 Å². The summed E-state index contributed by atoms with van der Waals surface area (Å²) >= 11 is 1.93. The number of hydrogen-bond acceptors (Lipinski definition) is 3. The molecule has 1 N–H and O–H groups in total. The second-order valence-corrected chi connectivity index (χ2v) is 6.90. The number of aryl methyl sites for hydroxylation is 1. The van der Waals surface area contributed by atoms with Crippen molar-refractivity contribution in [3.05, 3.63) is 21.9 Å². The Morgan fingerprint density at radius 1 is 1.35 bits per heavy atom. The van der Waals surface area contributed by atoms with Gasteiger partial charge in [0, 0.05) is 28.4 Å². The average molecular weight is 250 g/mol. The highest BCUT2D eigenvalue weighted by Crippen LogP contribution is 2.30. The highest BCUT2D eigenvalue weighted by Gasteiger charge is 2.34. The molecule has 2 bridgehead atoms. The number of nitrogens with one attached hydrogen (secondary N) is 1. The van der Waals surface area contributed by atoms with E-state index >= 15 is 0 Å². The largest absolute Gasteiger partial charge is 0.306 e. The van der Waals surface area contributed by atoms with Crippen molar-refractivity contribution in [3.8, 4) is 0 Å². The van der Waals surface area contributed by atoms with Crippen LogP contribution in [0.5, 0.6) is 0 Å². The normalized spacial score (nSPS) is 33.9. The Bertz CT molecular complexity index is 387. The maximum atomic E-state index is 3.86. The van der Waals surface area contributed by atoms with E-state index in [9.17, 15) is 0 Å². The lowest BCUT2D eigenvalue weighted by Crippen LogP contribution is -2.44. The van der Waals surface area contributed by atoms with Crippen LogP contribution < -0.4 is 5.32 Å². The predicted molar refractivity (Wildman–Crippen MR) is 73.6 cm³/mol. The first kappa shape index (κ1) is 11.7. The minimum atomic E-state index is 0.519. The molecule has 0 saturated carbocycles. The maximum Gasteiger partial charge on any atom is 0.0388 e. The zero-order chi connectivity index (χ0) is 11.8. The molecule has 0 spiro atoms. The van der Waals surface area contributed by atoms with Crippen molar-refractivity contribution in [1.82, 2.24) is 10.2 Å². The quantitative estimate of drug-likeness (QED) is 0.887. The smallest absolute Gasteiger partial charge is 0.0388 e. The van der Waals surface area contributed by atoms with Gasteiger partial charge in [0.15, 0.2) is 0 Å². The lowest BCUT2D eigenvalue weighted by molar-refractivity contribution is 0.212. The van der Waals surface area contributed by atoms with Crippen molar-refractivity contribution in [2.75, 3.05) is 19.6 Å². The van der Waals surface area contributed by atoms with Gasteiger partial charge in [0.05, 0.1) is 0 Å². The molecule has 0 aliphatic carbocycles. The van der Waals surface area contributed by atoms with Crippen molar-refractivity contribution < 1.29 is 0 Å². The molecule has 2 nitrogen and oxygen atoms in total. The summed E-state index contributed by atoms with van der Waals surface area (Å²) in [5, 5.41) is 3.86. The molecule has 3 heterocycles. The monoisotopic (exact) mass is 250 g/mol. The molecule has 17 heavy (non-hydrogen) atoms. The van der Waals surface area contributed by atoms with Crippen LogP contribution in [-0.4, -0.2) is 30.6 Å². The summed E-state index contributed by atoms with van der Waals surface area (Å²) in [5.74, 6) is 0.896. The third-order valence-electron chi connectivity index (χ3n) is 4.29. The van der Waals surface area contributed by atoms with Crippen molar-refractivity contribution in [1.29, 1.82) is 0 Å². The lowest BCUT2D eigenvalue weighted by Gasteiger charge is -2.33. The van der Waals surface area contributed by atoms with Gasteiger partial charge < -0.3 is 10.2 Å². The zero-order valence-corrected chi connectivity index (χ0v) is 11.6. The molecule has 2 fully saturated rings. The Balaban J connectivity index is 1.62. The van der Waals surface area contributed by atoms with E-state index in [4.69, 9.17) is 0 Å². The molecule has 4 atom stereocenters. The van der Waals surface area contributed by atoms with Crippen LogP contribution >= 0.6 is 11.3 Å². The summed E-state index contributed by atoms with van der Waals surface area (Å²) in [6.45, 7) is 8.45. The SMILES string of the molecule is Cc1ccc(C(C)NC2CCN3CCC2C3)s1. The van der Waals surface area contributed by atoms with Crippen LogP contribution in [0, 0.1) is 12.8 Å². The summed E-state index contributed by atoms with van der Waals surface area (Å²) in [7, 11) is 0. The molecule has 4 unspecified atom stereocenters. The minimum absolute atomic E-state index is 0.519. The summed E-state index contributed by atoms with van der Waals surface area (Å²) in [5.41, 5.74) is 0. The molecule has 3 heteroatoms. The molecule has 2 saturated heterocycles. The number of piperidine rings is 1. The van der Waals surface area contributed by atoms with Gasteiger partial charge in [-0.25, -0.2) is 0 Å². The Labute approximate surface area is 108 Å². The van der Waals surface area contributed by atoms with Gasteiger partial charge in [-0.2, -0.15) is 0 Å². The third-order valence-corrected chi connectivity index (χ3v) is 5.47. The Kier molecular flexibility index (Phi) is 3.24. The Morgan fingerprint density at radius 3 is 2.94 bits per heavy atom. The summed E-state index contributed by atoms with van der Waals surface area (Å²) in [6.07, 6.45) is 2.73. The van der Waals surface area contributed by atoms with E-state index in [1.54, 1.807) is 0 Å². The second kappa shape index (κ2) is 4.71. The standard InChI is InChI=1S/C14H22N2S/c1-10-3-4-14(17-10)11(2)15-13-6-8-16-7-5-12(13)9-16/h3-4,11-13,15H,5-9H2,1-2H3. The fraction of sp³-hybridized carbons (Fsp3) is 0.714. The van der Waals surface area contributed by atoms with Crippen LogP contribution in [0.4, 0.5) is 0 Å². The topological polar surface area (TPSA) is 15.3 Å². The molecular weight excluding hydrogens is 228 g/mol. The molecule has 0 amide bonds. The molecular formula is C14H22N2S. The fourth-order valence-corrected chi connectivity index (χ4v) is 4.15. The Hall–Kier alpha value is -0.380. The Morgan fingerprint density at radius 2 is 2.18 bits per heavy atom. The van der Waals surface area contributed by atoms with Crippen LogP contribution in [0.15, 0.2) is 12.1 Å². The number of thiophene rings is 1. The average Bonchev–Trinajstić information content (AvgIpc) is 2.90. The summed E-state index contributed by atoms with van der Waals surface area (Å²) in [4.78, 5) is 5.52. The fourth-order valence-electron chi connectivity index (χ4n) is 3.26. The molecule has 2 aliphatic rings. The van der Waals surface area contributed by atoms with Gasteiger partial charge in [-0.3, -0.25) is 0 Å². The molecule has 3 rings (SSSR count). The first-order valence-electron chi connectivity index (χ1n) is 6.77. The lowest BCUT2D eigenvalue weighted by atomic mass is 9.93. The van der Waals surface area contributed by atoms with Gasteiger partial charge in [-0.15, -0.1) is 11.3 Å². The second-order valence-electron chi connectivity index (χ2n) is 5.58. The van der Waals surface area contributed by atoms with Gasteiger partial charge in [0.2, 0.25) is 0 Å². The number of fused-ring (bicyclic) bond motifs is 2. The van der Waals surface area contributed by atoms with Gasteiger partial charge in [-0.1, -0.05) is 0 Å². The summed E-state index contributed by atoms with van der Waals surface area (Å²) in [6, 6.07) is 5.77. The van der Waals surface area contributed by atoms with Gasteiger partial charge in [0.25, 0.3) is 0 Å². The first-order chi connectivity index (χ1) is 8.22. The highest BCUT2D eigenvalue weighted by molar-refractivity contribution is 7.12. The molecule has 2 aliphatic heterocycles. The van der Waals surface area contributed by atoms with E-state index in [0.717, 1.165) is 12.0 Å². The highest BCUT2D eigenvalue weighted by atomic mass is 32.1. The van der Waals surface area contributed by atoms with Gasteiger partial charge in [0.1, 0.15) is 0 Å². The van der Waals surface area contributed by atoms with E-state index in [1.807, 2.05) is 11.3 Å². The van der Waals surface area contributed by atoms with Crippen LogP contribution in [-0.2, 0) is 0 Å². The third kappa shape index (κ3) is 2.42. The van der Waals surface area contributed by atoms with E-state index in [-0.39, 0.29) is 0 Å². The zero-order valence-electron chi connectivity index (χ0n) is 10.8. The number of nitrogens with zero attached hydrogens (tertiary/aromatic N) is 1. The molecule has 0 radical (unpaired) electrons. The van der Waals surface area contributed by atoms with Gasteiger partial charge >= 0.3 is 0 Å². The molecule has 94 valence electrons. The molecule has 1 aromatic rings. The molecule has 0 aromatic carbocycles. The molecule has 1 aromatic heterocycles. The van der Waals surface area contributed by atoms with Crippen LogP contribution in [0.2, 0.25) is 0 Å².